The maximum atomic E-state index is 13.3. The highest BCUT2D eigenvalue weighted by Crippen LogP contribution is 2.19. The van der Waals surface area contributed by atoms with E-state index in [9.17, 15) is 18.0 Å². The van der Waals surface area contributed by atoms with E-state index < -0.39 is 28.5 Å². The molecule has 0 bridgehead atoms. The van der Waals surface area contributed by atoms with Gasteiger partial charge in [-0.15, -0.1) is 0 Å². The third-order valence-corrected chi connectivity index (χ3v) is 6.60. The normalized spacial score (nSPS) is 11.9. The molecule has 0 saturated carbocycles. The van der Waals surface area contributed by atoms with Crippen molar-refractivity contribution in [2.45, 2.75) is 17.4 Å². The van der Waals surface area contributed by atoms with E-state index in [-0.39, 0.29) is 17.2 Å². The first-order valence-corrected chi connectivity index (χ1v) is 12.1. The molecule has 0 radical (unpaired) electrons. The Balaban J connectivity index is 1.73. The second kappa shape index (κ2) is 11.4. The van der Waals surface area contributed by atoms with Crippen molar-refractivity contribution in [3.63, 3.8) is 0 Å². The third-order valence-electron chi connectivity index (χ3n) is 5.18. The van der Waals surface area contributed by atoms with Crippen molar-refractivity contribution in [2.24, 2.45) is 0 Å². The van der Waals surface area contributed by atoms with Crippen LogP contribution in [-0.4, -0.2) is 47.0 Å². The lowest BCUT2D eigenvalue weighted by atomic mass is 10.0. The van der Waals surface area contributed by atoms with Crippen molar-refractivity contribution < 1.29 is 22.7 Å². The van der Waals surface area contributed by atoms with Crippen LogP contribution in [0.2, 0.25) is 0 Å². The number of methoxy groups -OCH3 is 1. The molecule has 0 fully saturated rings. The van der Waals surface area contributed by atoms with Crippen LogP contribution >= 0.6 is 0 Å². The largest absolute Gasteiger partial charge is 0.497 e. The molecule has 3 aromatic rings. The van der Waals surface area contributed by atoms with E-state index in [1.165, 1.54) is 17.0 Å². The number of nitrogens with one attached hydrogen (secondary N) is 2. The van der Waals surface area contributed by atoms with Gasteiger partial charge in [0.05, 0.1) is 18.6 Å². The minimum atomic E-state index is -3.85. The van der Waals surface area contributed by atoms with Gasteiger partial charge in [0.1, 0.15) is 11.8 Å². The fourth-order valence-corrected chi connectivity index (χ4v) is 4.31. The molecule has 8 nitrogen and oxygen atoms in total. The minimum Gasteiger partial charge on any atom is -0.497 e. The Kier molecular flexibility index (Phi) is 8.39. The summed E-state index contributed by atoms with van der Waals surface area (Å²) in [6, 6.07) is 23.1. The molecule has 2 N–H and O–H groups in total. The number of benzene rings is 3. The summed E-state index contributed by atoms with van der Waals surface area (Å²) in [6.07, 6.45) is 0.247. The van der Waals surface area contributed by atoms with Gasteiger partial charge < -0.3 is 15.0 Å². The van der Waals surface area contributed by atoms with E-state index >= 15 is 0 Å². The van der Waals surface area contributed by atoms with Crippen LogP contribution in [0.1, 0.15) is 5.56 Å². The van der Waals surface area contributed by atoms with Gasteiger partial charge in [0.15, 0.2) is 0 Å². The number of nitrogens with zero attached hydrogens (tertiary/aromatic N) is 1. The van der Waals surface area contributed by atoms with Gasteiger partial charge in [0.2, 0.25) is 21.8 Å². The summed E-state index contributed by atoms with van der Waals surface area (Å²) in [5.74, 6) is -0.297. The summed E-state index contributed by atoms with van der Waals surface area (Å²) in [5.41, 5.74) is 1.48. The topological polar surface area (TPSA) is 105 Å². The van der Waals surface area contributed by atoms with E-state index in [0.717, 1.165) is 5.56 Å². The summed E-state index contributed by atoms with van der Waals surface area (Å²) < 4.78 is 32.3. The highest BCUT2D eigenvalue weighted by atomic mass is 32.2. The quantitative estimate of drug-likeness (QED) is 0.463. The lowest BCUT2D eigenvalue weighted by Gasteiger charge is -2.25. The molecule has 0 heterocycles. The predicted molar refractivity (Wildman–Crippen MR) is 130 cm³/mol. The fraction of sp³-hybridized carbons (Fsp3) is 0.200. The zero-order chi connectivity index (χ0) is 24.6. The maximum absolute atomic E-state index is 13.3. The van der Waals surface area contributed by atoms with Crippen LogP contribution in [-0.2, 0) is 26.0 Å². The molecule has 0 aromatic heterocycles. The first-order chi connectivity index (χ1) is 16.3. The number of hydrogen-bond acceptors (Lipinski definition) is 5. The Morgan fingerprint density at radius 2 is 1.50 bits per heavy atom. The molecule has 0 aliphatic heterocycles. The van der Waals surface area contributed by atoms with Gasteiger partial charge in [-0.25, -0.2) is 13.1 Å². The maximum Gasteiger partial charge on any atom is 0.249 e. The van der Waals surface area contributed by atoms with E-state index in [0.29, 0.717) is 11.4 Å². The van der Waals surface area contributed by atoms with Gasteiger partial charge in [-0.1, -0.05) is 48.5 Å². The van der Waals surface area contributed by atoms with Crippen molar-refractivity contribution in [3.05, 3.63) is 90.5 Å². The van der Waals surface area contributed by atoms with Gasteiger partial charge in [0.25, 0.3) is 0 Å². The van der Waals surface area contributed by atoms with E-state index in [1.54, 1.807) is 56.6 Å². The Labute approximate surface area is 199 Å². The SMILES string of the molecule is COc1ccc(N(C)C(=O)C(Cc2ccccc2)NC(=O)CNS(=O)(=O)c2ccccc2)cc1. The lowest BCUT2D eigenvalue weighted by molar-refractivity contribution is -0.126. The molecule has 34 heavy (non-hydrogen) atoms. The number of amides is 2. The molecule has 3 aromatic carbocycles. The van der Waals surface area contributed by atoms with Crippen molar-refractivity contribution in [1.82, 2.24) is 10.0 Å². The number of carbonyl (C=O) groups excluding carboxylic acids is 2. The molecule has 1 unspecified atom stereocenters. The lowest BCUT2D eigenvalue weighted by Crippen LogP contribution is -2.51. The van der Waals surface area contributed by atoms with Crippen LogP contribution in [0.3, 0.4) is 0 Å². The highest BCUT2D eigenvalue weighted by molar-refractivity contribution is 7.89. The average molecular weight is 482 g/mol. The van der Waals surface area contributed by atoms with Gasteiger partial charge in [-0.2, -0.15) is 0 Å². The van der Waals surface area contributed by atoms with Crippen molar-refractivity contribution >= 4 is 27.5 Å². The Morgan fingerprint density at radius 3 is 2.09 bits per heavy atom. The molecule has 178 valence electrons. The number of sulfonamides is 1. The highest BCUT2D eigenvalue weighted by Gasteiger charge is 2.26. The molecule has 0 aliphatic rings. The summed E-state index contributed by atoms with van der Waals surface area (Å²) >= 11 is 0. The smallest absolute Gasteiger partial charge is 0.249 e. The first kappa shape index (κ1) is 24.9. The summed E-state index contributed by atoms with van der Waals surface area (Å²) in [7, 11) is -0.680. The molecular weight excluding hydrogens is 454 g/mol. The van der Waals surface area contributed by atoms with Crippen LogP contribution in [0.25, 0.3) is 0 Å². The summed E-state index contributed by atoms with van der Waals surface area (Å²) in [6.45, 7) is -0.498. The number of ether oxygens (including phenoxy) is 1. The molecule has 2 amide bonds. The number of rotatable bonds is 10. The second-order valence-electron chi connectivity index (χ2n) is 7.54. The monoisotopic (exact) mass is 481 g/mol. The number of carbonyl (C=O) groups is 2. The number of likely N-dealkylation sites (N-methyl/N-ethyl adjacent to an activating group) is 1. The Morgan fingerprint density at radius 1 is 0.912 bits per heavy atom. The van der Waals surface area contributed by atoms with Gasteiger partial charge in [-0.3, -0.25) is 9.59 Å². The predicted octanol–water partition coefficient (Wildman–Crippen LogP) is 2.36. The van der Waals surface area contributed by atoms with Crippen molar-refractivity contribution in [3.8, 4) is 5.75 Å². The van der Waals surface area contributed by atoms with Gasteiger partial charge in [0, 0.05) is 19.2 Å². The molecule has 0 aliphatic carbocycles. The average Bonchev–Trinajstić information content (AvgIpc) is 2.87. The second-order valence-corrected chi connectivity index (χ2v) is 9.31. The third kappa shape index (κ3) is 6.66. The van der Waals surface area contributed by atoms with Crippen molar-refractivity contribution in [2.75, 3.05) is 25.6 Å². The molecule has 3 rings (SSSR count). The fourth-order valence-electron chi connectivity index (χ4n) is 3.31. The van der Waals surface area contributed by atoms with E-state index in [2.05, 4.69) is 10.0 Å². The Hall–Kier alpha value is -3.69. The summed E-state index contributed by atoms with van der Waals surface area (Å²) in [5, 5.41) is 2.68. The molecule has 0 spiro atoms. The van der Waals surface area contributed by atoms with Gasteiger partial charge in [-0.05, 0) is 42.0 Å². The van der Waals surface area contributed by atoms with Crippen molar-refractivity contribution in [1.29, 1.82) is 0 Å². The molecule has 1 atom stereocenters. The zero-order valence-corrected chi connectivity index (χ0v) is 19.8. The number of anilines is 1. The molecule has 0 saturated heterocycles. The van der Waals surface area contributed by atoms with E-state index in [4.69, 9.17) is 4.74 Å². The van der Waals surface area contributed by atoms with Crippen LogP contribution in [0.5, 0.6) is 5.75 Å². The zero-order valence-electron chi connectivity index (χ0n) is 19.0. The minimum absolute atomic E-state index is 0.0546. The number of hydrogen-bond donors (Lipinski definition) is 2. The van der Waals surface area contributed by atoms with Crippen LogP contribution in [0, 0.1) is 0 Å². The summed E-state index contributed by atoms with van der Waals surface area (Å²) in [4.78, 5) is 27.4. The molecular formula is C25H27N3O5S. The standard InChI is InChI=1S/C25H27N3O5S/c1-28(20-13-15-21(33-2)16-14-20)25(30)23(17-19-9-5-3-6-10-19)27-24(29)18-26-34(31,32)22-11-7-4-8-12-22/h3-16,23,26H,17-18H2,1-2H3,(H,27,29). The van der Waals surface area contributed by atoms with E-state index in [1.807, 2.05) is 30.3 Å². The van der Waals surface area contributed by atoms with Crippen LogP contribution in [0.4, 0.5) is 5.69 Å². The van der Waals surface area contributed by atoms with Crippen LogP contribution in [0.15, 0.2) is 89.8 Å². The molecule has 9 heteroatoms. The van der Waals surface area contributed by atoms with Gasteiger partial charge >= 0.3 is 0 Å². The van der Waals surface area contributed by atoms with Crippen LogP contribution < -0.4 is 19.7 Å². The first-order valence-electron chi connectivity index (χ1n) is 10.6. The Bertz CT molecular complexity index is 1200.